The van der Waals surface area contributed by atoms with E-state index in [1.54, 1.807) is 12.3 Å². The van der Waals surface area contributed by atoms with Gasteiger partial charge >= 0.3 is 0 Å². The minimum absolute atomic E-state index is 0.303. The van der Waals surface area contributed by atoms with Gasteiger partial charge in [0.25, 0.3) is 0 Å². The lowest BCUT2D eigenvalue weighted by Crippen LogP contribution is -2.15. The number of rotatable bonds is 0. The van der Waals surface area contributed by atoms with Crippen LogP contribution >= 0.6 is 0 Å². The van der Waals surface area contributed by atoms with Crippen molar-refractivity contribution in [3.05, 3.63) is 23.0 Å². The third-order valence-electron chi connectivity index (χ3n) is 1.34. The largest absolute Gasteiger partial charge is 0.356 e. The number of hydrogen-bond acceptors (Lipinski definition) is 3. The van der Waals surface area contributed by atoms with Gasteiger partial charge in [-0.25, -0.2) is 0 Å². The van der Waals surface area contributed by atoms with Gasteiger partial charge in [-0.05, 0) is 6.07 Å². The van der Waals surface area contributed by atoms with Gasteiger partial charge < -0.3 is 4.52 Å². The van der Waals surface area contributed by atoms with Gasteiger partial charge in [0.1, 0.15) is 10.9 Å². The summed E-state index contributed by atoms with van der Waals surface area (Å²) in [5.41, 5.74) is 1.01. The van der Waals surface area contributed by atoms with Crippen LogP contribution in [0.15, 0.2) is 16.8 Å². The second-order valence-electron chi connectivity index (χ2n) is 1.98. The molecule has 0 amide bonds. The molecular weight excluding hydrogens is 130 g/mol. The maximum absolute atomic E-state index is 7.37. The van der Waals surface area contributed by atoms with Crippen molar-refractivity contribution in [1.29, 1.82) is 5.41 Å². The summed E-state index contributed by atoms with van der Waals surface area (Å²) in [7, 11) is 0. The summed E-state index contributed by atoms with van der Waals surface area (Å²) in [5, 5.41) is 11.5. The molecule has 4 heteroatoms. The third-order valence-corrected chi connectivity index (χ3v) is 1.34. The van der Waals surface area contributed by atoms with Crippen molar-refractivity contribution in [2.24, 2.45) is 0 Å². The maximum atomic E-state index is 7.37. The molecule has 0 atom stereocenters. The van der Waals surface area contributed by atoms with Gasteiger partial charge in [-0.3, -0.25) is 5.41 Å². The molecule has 2 heterocycles. The first-order valence-electron chi connectivity index (χ1n) is 2.79. The molecular formula is C6H5N3O. The zero-order valence-electron chi connectivity index (χ0n) is 5.16. The lowest BCUT2D eigenvalue weighted by molar-refractivity contribution is 0.317. The molecule has 0 aliphatic rings. The predicted molar refractivity (Wildman–Crippen MR) is 34.1 cm³/mol. The quantitative estimate of drug-likeness (QED) is 0.531. The van der Waals surface area contributed by atoms with Crippen LogP contribution in [-0.4, -0.2) is 9.79 Å². The molecule has 0 aliphatic heterocycles. The lowest BCUT2D eigenvalue weighted by Gasteiger charge is -1.72. The summed E-state index contributed by atoms with van der Waals surface area (Å²) in [6, 6.07) is 1.71. The summed E-state index contributed by atoms with van der Waals surface area (Å²) in [6.45, 7) is 3.51. The summed E-state index contributed by atoms with van der Waals surface area (Å²) in [6.07, 6.45) is 1.58. The standard InChI is InChI=1S/C6H5N3O/c1-4-6(7)5-2-3-8-9(5)10-4/h2-3,7H,1H2. The smallest absolute Gasteiger partial charge is 0.177 e. The normalized spacial score (nSPS) is 10.8. The molecule has 2 aromatic rings. The van der Waals surface area contributed by atoms with Crippen LogP contribution in [0, 0.1) is 5.41 Å². The van der Waals surface area contributed by atoms with Crippen molar-refractivity contribution in [3.8, 4) is 0 Å². The fraction of sp³-hybridized carbons (Fsp3) is 0. The van der Waals surface area contributed by atoms with Crippen LogP contribution in [0.25, 0.3) is 12.1 Å². The molecule has 10 heavy (non-hydrogen) atoms. The average molecular weight is 135 g/mol. The molecule has 0 fully saturated rings. The number of aromatic nitrogens is 2. The van der Waals surface area contributed by atoms with E-state index in [-0.39, 0.29) is 0 Å². The van der Waals surface area contributed by atoms with E-state index in [0.717, 1.165) is 0 Å². The Hall–Kier alpha value is -1.58. The third kappa shape index (κ3) is 0.452. The van der Waals surface area contributed by atoms with Crippen LogP contribution < -0.4 is 10.8 Å². The van der Waals surface area contributed by atoms with E-state index >= 15 is 0 Å². The Morgan fingerprint density at radius 2 is 2.50 bits per heavy atom. The minimum atomic E-state index is 0.303. The Kier molecular flexibility index (Phi) is 0.768. The Bertz CT molecular complexity index is 453. The molecule has 0 bridgehead atoms. The number of fused-ring (bicyclic) bond motifs is 1. The second-order valence-corrected chi connectivity index (χ2v) is 1.98. The van der Waals surface area contributed by atoms with Gasteiger partial charge in [0.05, 0.1) is 6.20 Å². The summed E-state index contributed by atoms with van der Waals surface area (Å²) >= 11 is 0. The van der Waals surface area contributed by atoms with E-state index in [1.165, 1.54) is 4.69 Å². The van der Waals surface area contributed by atoms with E-state index in [1.807, 2.05) is 0 Å². The number of hydrogen-bond donors (Lipinski definition) is 1. The Morgan fingerprint density at radius 3 is 3.20 bits per heavy atom. The van der Waals surface area contributed by atoms with Gasteiger partial charge in [-0.1, -0.05) is 11.3 Å². The monoisotopic (exact) mass is 135 g/mol. The van der Waals surface area contributed by atoms with Crippen molar-refractivity contribution >= 4 is 12.1 Å². The van der Waals surface area contributed by atoms with Crippen LogP contribution in [0.1, 0.15) is 0 Å². The van der Waals surface area contributed by atoms with Crippen molar-refractivity contribution in [2.45, 2.75) is 0 Å². The number of nitrogens with one attached hydrogen (secondary N) is 1. The van der Waals surface area contributed by atoms with E-state index in [9.17, 15) is 0 Å². The highest BCUT2D eigenvalue weighted by atomic mass is 16.5. The van der Waals surface area contributed by atoms with E-state index < -0.39 is 0 Å². The Balaban J connectivity index is 3.24. The van der Waals surface area contributed by atoms with Crippen LogP contribution in [0.3, 0.4) is 0 Å². The van der Waals surface area contributed by atoms with Gasteiger partial charge in [-0.2, -0.15) is 0 Å². The molecule has 0 saturated heterocycles. The van der Waals surface area contributed by atoms with E-state index in [0.29, 0.717) is 16.3 Å². The first kappa shape index (κ1) is 5.22. The first-order chi connectivity index (χ1) is 4.79. The molecule has 0 aliphatic carbocycles. The zero-order valence-corrected chi connectivity index (χ0v) is 5.16. The molecule has 4 nitrogen and oxygen atoms in total. The number of nitrogens with zero attached hydrogens (tertiary/aromatic N) is 2. The molecule has 0 aromatic carbocycles. The molecule has 2 rings (SSSR count). The highest BCUT2D eigenvalue weighted by Crippen LogP contribution is 1.89. The van der Waals surface area contributed by atoms with E-state index in [4.69, 9.17) is 9.93 Å². The molecule has 1 N–H and O–H groups in total. The molecule has 0 radical (unpaired) electrons. The lowest BCUT2D eigenvalue weighted by atomic mass is 10.5. The van der Waals surface area contributed by atoms with E-state index in [2.05, 4.69) is 11.7 Å². The molecule has 2 aromatic heterocycles. The minimum Gasteiger partial charge on any atom is -0.356 e. The maximum Gasteiger partial charge on any atom is 0.177 e. The van der Waals surface area contributed by atoms with Gasteiger partial charge in [0.15, 0.2) is 5.42 Å². The SMILES string of the molecule is C=c1on2nccc2c1=N. The van der Waals surface area contributed by atoms with Crippen LogP contribution in [-0.2, 0) is 0 Å². The second kappa shape index (κ2) is 1.47. The zero-order chi connectivity index (χ0) is 7.14. The van der Waals surface area contributed by atoms with Crippen molar-refractivity contribution in [3.63, 3.8) is 0 Å². The van der Waals surface area contributed by atoms with Crippen LogP contribution in [0.5, 0.6) is 0 Å². The van der Waals surface area contributed by atoms with Gasteiger partial charge in [0, 0.05) is 0 Å². The van der Waals surface area contributed by atoms with Crippen molar-refractivity contribution < 1.29 is 4.52 Å². The molecule has 0 unspecified atom stereocenters. The highest BCUT2D eigenvalue weighted by molar-refractivity contribution is 5.41. The van der Waals surface area contributed by atoms with Crippen LogP contribution in [0.4, 0.5) is 0 Å². The summed E-state index contributed by atoms with van der Waals surface area (Å²) in [5.74, 6) is 0. The molecule has 0 spiro atoms. The summed E-state index contributed by atoms with van der Waals surface area (Å²) < 4.78 is 6.23. The molecule has 0 saturated carbocycles. The van der Waals surface area contributed by atoms with Crippen molar-refractivity contribution in [1.82, 2.24) is 9.79 Å². The summed E-state index contributed by atoms with van der Waals surface area (Å²) in [4.78, 5) is 0. The average Bonchev–Trinajstić information content (AvgIpc) is 2.41. The fourth-order valence-electron chi connectivity index (χ4n) is 0.835. The van der Waals surface area contributed by atoms with Crippen LogP contribution in [0.2, 0.25) is 0 Å². The predicted octanol–water partition coefficient (Wildman–Crippen LogP) is -0.464. The van der Waals surface area contributed by atoms with Gasteiger partial charge in [0.2, 0.25) is 0 Å². The Labute approximate surface area is 55.8 Å². The first-order valence-corrected chi connectivity index (χ1v) is 2.79. The molecule has 50 valence electrons. The highest BCUT2D eigenvalue weighted by Gasteiger charge is 1.99. The fourth-order valence-corrected chi connectivity index (χ4v) is 0.835. The van der Waals surface area contributed by atoms with Crippen molar-refractivity contribution in [2.75, 3.05) is 0 Å². The Morgan fingerprint density at radius 1 is 1.70 bits per heavy atom. The van der Waals surface area contributed by atoms with Gasteiger partial charge in [-0.15, -0.1) is 5.10 Å². The topological polar surface area (TPSA) is 54.3 Å².